The van der Waals surface area contributed by atoms with Gasteiger partial charge in [0.2, 0.25) is 0 Å². The van der Waals surface area contributed by atoms with Crippen LogP contribution in [0.25, 0.3) is 0 Å². The molecule has 3 atom stereocenters. The van der Waals surface area contributed by atoms with E-state index >= 15 is 0 Å². The van der Waals surface area contributed by atoms with Crippen LogP contribution in [0, 0.1) is 37.4 Å². The third kappa shape index (κ3) is 2.55. The summed E-state index contributed by atoms with van der Waals surface area (Å²) >= 11 is 0. The molecule has 0 aliphatic heterocycles. The highest BCUT2D eigenvalue weighted by Crippen LogP contribution is 2.45. The van der Waals surface area contributed by atoms with E-state index in [-0.39, 0.29) is 23.6 Å². The first-order valence-electron chi connectivity index (χ1n) is 6.38. The van der Waals surface area contributed by atoms with Crippen molar-refractivity contribution in [1.29, 1.82) is 0 Å². The molecule has 0 bridgehead atoms. The van der Waals surface area contributed by atoms with Crippen molar-refractivity contribution in [3.05, 3.63) is 34.6 Å². The van der Waals surface area contributed by atoms with E-state index in [1.807, 2.05) is 26.8 Å². The highest BCUT2D eigenvalue weighted by molar-refractivity contribution is 5.73. The molecule has 3 unspecified atom stereocenters. The topological polar surface area (TPSA) is 37.3 Å². The Kier molecular flexibility index (Phi) is 3.42. The van der Waals surface area contributed by atoms with Gasteiger partial charge in [-0.15, -0.1) is 0 Å². The number of carboxylic acids is 1. The number of rotatable bonds is 4. The Bertz CT molecular complexity index is 482. The van der Waals surface area contributed by atoms with E-state index in [0.717, 1.165) is 17.5 Å². The predicted molar refractivity (Wildman–Crippen MR) is 68.0 cm³/mol. The Morgan fingerprint density at radius 1 is 1.44 bits per heavy atom. The lowest BCUT2D eigenvalue weighted by Crippen LogP contribution is -2.09. The first kappa shape index (κ1) is 13.1. The fraction of sp³-hybridized carbons (Fsp3) is 0.533. The quantitative estimate of drug-likeness (QED) is 0.889. The third-order valence-corrected chi connectivity index (χ3v) is 4.09. The lowest BCUT2D eigenvalue weighted by Gasteiger charge is -2.13. The summed E-state index contributed by atoms with van der Waals surface area (Å²) in [5, 5.41) is 8.90. The maximum Gasteiger partial charge on any atom is 0.306 e. The molecule has 1 saturated carbocycles. The number of carbonyl (C=O) groups is 1. The van der Waals surface area contributed by atoms with Crippen LogP contribution in [-0.2, 0) is 11.2 Å². The van der Waals surface area contributed by atoms with E-state index in [1.165, 1.54) is 0 Å². The second-order valence-electron chi connectivity index (χ2n) is 5.55. The van der Waals surface area contributed by atoms with Gasteiger partial charge in [0.25, 0.3) is 0 Å². The van der Waals surface area contributed by atoms with Crippen LogP contribution in [0.2, 0.25) is 0 Å². The molecule has 0 radical (unpaired) electrons. The third-order valence-electron chi connectivity index (χ3n) is 4.09. The molecular formula is C15H19FO2. The summed E-state index contributed by atoms with van der Waals surface area (Å²) in [4.78, 5) is 10.8. The molecule has 1 aliphatic carbocycles. The van der Waals surface area contributed by atoms with E-state index in [9.17, 15) is 9.18 Å². The highest BCUT2D eigenvalue weighted by Gasteiger charge is 2.46. The van der Waals surface area contributed by atoms with Gasteiger partial charge in [0.1, 0.15) is 5.82 Å². The van der Waals surface area contributed by atoms with Crippen LogP contribution < -0.4 is 0 Å². The van der Waals surface area contributed by atoms with Gasteiger partial charge in [-0.1, -0.05) is 13.0 Å². The molecule has 0 aromatic heterocycles. The van der Waals surface area contributed by atoms with Crippen molar-refractivity contribution >= 4 is 5.97 Å². The Hall–Kier alpha value is -1.38. The smallest absolute Gasteiger partial charge is 0.306 e. The van der Waals surface area contributed by atoms with Crippen LogP contribution in [0.3, 0.4) is 0 Å². The summed E-state index contributed by atoms with van der Waals surface area (Å²) in [6, 6.07) is 3.46. The summed E-state index contributed by atoms with van der Waals surface area (Å²) in [7, 11) is 0. The van der Waals surface area contributed by atoms with E-state index in [0.29, 0.717) is 12.0 Å². The summed E-state index contributed by atoms with van der Waals surface area (Å²) in [6.07, 6.45) is 1.37. The molecule has 18 heavy (non-hydrogen) atoms. The van der Waals surface area contributed by atoms with Gasteiger partial charge in [0.15, 0.2) is 0 Å². The summed E-state index contributed by atoms with van der Waals surface area (Å²) in [5.74, 6) is -0.661. The molecule has 0 amide bonds. The average Bonchev–Trinajstić information content (AvgIpc) is 3.05. The van der Waals surface area contributed by atoms with Gasteiger partial charge in [0, 0.05) is 0 Å². The van der Waals surface area contributed by atoms with Crippen LogP contribution in [0.1, 0.15) is 30.0 Å². The second kappa shape index (κ2) is 4.71. The van der Waals surface area contributed by atoms with Crippen molar-refractivity contribution in [2.24, 2.45) is 17.8 Å². The molecule has 0 spiro atoms. The molecule has 3 heteroatoms. The summed E-state index contributed by atoms with van der Waals surface area (Å²) in [6.45, 7) is 5.88. The highest BCUT2D eigenvalue weighted by atomic mass is 19.1. The Balaban J connectivity index is 2.06. The van der Waals surface area contributed by atoms with Gasteiger partial charge in [-0.2, -0.15) is 0 Å². The van der Waals surface area contributed by atoms with Crippen molar-refractivity contribution in [2.75, 3.05) is 0 Å². The van der Waals surface area contributed by atoms with Crippen LogP contribution in [0.15, 0.2) is 12.1 Å². The zero-order valence-corrected chi connectivity index (χ0v) is 11.0. The molecule has 0 saturated heterocycles. The van der Waals surface area contributed by atoms with Crippen molar-refractivity contribution in [3.63, 3.8) is 0 Å². The monoisotopic (exact) mass is 250 g/mol. The van der Waals surface area contributed by atoms with Crippen LogP contribution >= 0.6 is 0 Å². The normalized spacial score (nSPS) is 23.8. The second-order valence-corrected chi connectivity index (χ2v) is 5.55. The molecule has 1 fully saturated rings. The fourth-order valence-corrected chi connectivity index (χ4v) is 2.62. The standard InChI is InChI=1S/C15H19FO2/c1-8-4-11(14(16)6-9(8)2)5-10(3)12-7-13(12)15(17)18/h4,6,10,12-13H,5,7H2,1-3H3,(H,17,18). The summed E-state index contributed by atoms with van der Waals surface area (Å²) in [5.41, 5.74) is 2.75. The number of aryl methyl sites for hydroxylation is 2. The van der Waals surface area contributed by atoms with Crippen LogP contribution in [0.5, 0.6) is 0 Å². The van der Waals surface area contributed by atoms with E-state index in [4.69, 9.17) is 5.11 Å². The minimum Gasteiger partial charge on any atom is -0.481 e. The zero-order chi connectivity index (χ0) is 13.4. The maximum atomic E-state index is 13.8. The van der Waals surface area contributed by atoms with Gasteiger partial charge < -0.3 is 5.11 Å². The summed E-state index contributed by atoms with van der Waals surface area (Å²) < 4.78 is 13.8. The molecule has 2 nitrogen and oxygen atoms in total. The number of halogens is 1. The van der Waals surface area contributed by atoms with E-state index < -0.39 is 5.97 Å². The molecule has 1 aromatic rings. The van der Waals surface area contributed by atoms with Crippen molar-refractivity contribution in [3.8, 4) is 0 Å². The number of hydrogen-bond donors (Lipinski definition) is 1. The van der Waals surface area contributed by atoms with Gasteiger partial charge in [-0.3, -0.25) is 4.79 Å². The molecule has 0 heterocycles. The Labute approximate surface area is 107 Å². The number of aliphatic carboxylic acids is 1. The molecular weight excluding hydrogens is 231 g/mol. The van der Waals surface area contributed by atoms with Gasteiger partial charge in [-0.05, 0) is 61.3 Å². The lowest BCUT2D eigenvalue weighted by atomic mass is 9.93. The largest absolute Gasteiger partial charge is 0.481 e. The van der Waals surface area contributed by atoms with E-state index in [1.54, 1.807) is 6.07 Å². The van der Waals surface area contributed by atoms with Crippen molar-refractivity contribution < 1.29 is 14.3 Å². The molecule has 98 valence electrons. The van der Waals surface area contributed by atoms with Crippen molar-refractivity contribution in [1.82, 2.24) is 0 Å². The van der Waals surface area contributed by atoms with Gasteiger partial charge >= 0.3 is 5.97 Å². The maximum absolute atomic E-state index is 13.8. The van der Waals surface area contributed by atoms with E-state index in [2.05, 4.69) is 0 Å². The van der Waals surface area contributed by atoms with Gasteiger partial charge in [0.05, 0.1) is 5.92 Å². The van der Waals surface area contributed by atoms with Crippen molar-refractivity contribution in [2.45, 2.75) is 33.6 Å². The molecule has 1 N–H and O–H groups in total. The molecule has 2 rings (SSSR count). The average molecular weight is 250 g/mol. The lowest BCUT2D eigenvalue weighted by molar-refractivity contribution is -0.139. The fourth-order valence-electron chi connectivity index (χ4n) is 2.62. The Morgan fingerprint density at radius 3 is 2.61 bits per heavy atom. The van der Waals surface area contributed by atoms with Crippen LogP contribution in [0.4, 0.5) is 4.39 Å². The number of benzene rings is 1. The number of hydrogen-bond acceptors (Lipinski definition) is 1. The zero-order valence-electron chi connectivity index (χ0n) is 11.0. The molecule has 1 aliphatic rings. The van der Waals surface area contributed by atoms with Gasteiger partial charge in [-0.25, -0.2) is 4.39 Å². The Morgan fingerprint density at radius 2 is 2.06 bits per heavy atom. The first-order chi connectivity index (χ1) is 8.40. The predicted octanol–water partition coefficient (Wildman–Crippen LogP) is 3.34. The first-order valence-corrected chi connectivity index (χ1v) is 6.38. The minimum atomic E-state index is -0.715. The SMILES string of the molecule is Cc1cc(F)c(CC(C)C2CC2C(=O)O)cc1C. The number of carboxylic acid groups (broad SMARTS) is 1. The van der Waals surface area contributed by atoms with Crippen LogP contribution in [-0.4, -0.2) is 11.1 Å². The minimum absolute atomic E-state index is 0.169. The molecule has 1 aromatic carbocycles.